The minimum absolute atomic E-state index is 0.0144. The van der Waals surface area contributed by atoms with Gasteiger partial charge >= 0.3 is 6.09 Å². The Bertz CT molecular complexity index is 5030. The Morgan fingerprint density at radius 2 is 0.912 bits per heavy atom. The highest BCUT2D eigenvalue weighted by atomic mass is 32.2. The largest absolute Gasteiger partial charge is 0.508 e. The third-order valence-corrected chi connectivity index (χ3v) is 18.6. The van der Waals surface area contributed by atoms with Crippen molar-refractivity contribution in [3.8, 4) is 34.5 Å². The quantitative estimate of drug-likeness (QED) is 0.0145. The number of ether oxygens (including phenoxy) is 6. The van der Waals surface area contributed by atoms with E-state index in [9.17, 15) is 37.2 Å². The van der Waals surface area contributed by atoms with Gasteiger partial charge in [0.1, 0.15) is 76.6 Å². The number of aryl methyl sites for hydroxylation is 11. The number of phenols is 1. The molecule has 0 radical (unpaired) electrons. The van der Waals surface area contributed by atoms with Gasteiger partial charge in [-0.25, -0.2) is 33.5 Å². The number of nitro benzene ring substituents is 1. The van der Waals surface area contributed by atoms with Crippen molar-refractivity contribution in [1.29, 1.82) is 0 Å². The lowest BCUT2D eigenvalue weighted by atomic mass is 10.2. The summed E-state index contributed by atoms with van der Waals surface area (Å²) in [6.07, 6.45) is 13.5. The van der Waals surface area contributed by atoms with E-state index >= 15 is 0 Å². The summed E-state index contributed by atoms with van der Waals surface area (Å²) in [4.78, 5) is 40.1. The smallest absolute Gasteiger partial charge is 0.407 e. The monoisotopic (exact) mass is 1580 g/mol. The van der Waals surface area contributed by atoms with Crippen LogP contribution in [0.2, 0.25) is 0 Å². The number of nitrogens with zero attached hydrogens (tertiary/aromatic N) is 9. The van der Waals surface area contributed by atoms with Gasteiger partial charge in [0.05, 0.1) is 87.9 Å². The van der Waals surface area contributed by atoms with E-state index in [-0.39, 0.29) is 36.9 Å². The third kappa shape index (κ3) is 29.5. The number of amides is 1. The molecule has 4 aromatic heterocycles. The lowest BCUT2D eigenvalue weighted by Crippen LogP contribution is -2.34. The van der Waals surface area contributed by atoms with Crippen molar-refractivity contribution in [2.24, 2.45) is 33.9 Å². The predicted octanol–water partition coefficient (Wildman–Crippen LogP) is 18.1. The maximum atomic E-state index is 13.1. The van der Waals surface area contributed by atoms with Crippen LogP contribution in [0.15, 0.2) is 162 Å². The highest BCUT2D eigenvalue weighted by Crippen LogP contribution is 2.28. The lowest BCUT2D eigenvalue weighted by molar-refractivity contribution is -0.385. The molecular formula is C85H114F2N12O13S. The number of nitrogens with two attached hydrogens (primary N) is 2. The number of alkyl carbamates (subject to hydrolysis) is 1. The third-order valence-electron chi connectivity index (χ3n) is 17.7. The molecule has 11 rings (SSSR count). The first kappa shape index (κ1) is 92.5. The van der Waals surface area contributed by atoms with Gasteiger partial charge < -0.3 is 68.6 Å². The zero-order chi connectivity index (χ0) is 83.5. The van der Waals surface area contributed by atoms with E-state index in [0.717, 1.165) is 154 Å². The van der Waals surface area contributed by atoms with Crippen molar-refractivity contribution in [2.45, 2.75) is 157 Å². The van der Waals surface area contributed by atoms with E-state index in [0.29, 0.717) is 52.4 Å². The molecule has 4 heterocycles. The number of methoxy groups -OCH3 is 3. The molecule has 0 aliphatic rings. The molecular weight excluding hydrogens is 1470 g/mol. The molecule has 0 saturated carbocycles. The normalized spacial score (nSPS) is 11.3. The molecule has 0 saturated heterocycles. The first-order chi connectivity index (χ1) is 53.8. The number of rotatable bonds is 26. The number of benzene rings is 7. The fourth-order valence-electron chi connectivity index (χ4n) is 11.0. The SMILES string of the molecule is CCCCc1nc2ccc(O)cc2n1C.CCCCc1nc2ccc(OC)cc2n1C.CCCCc1nc2ccc(OC/C(=C\F)CN)cc2n1C.CCCCc1nc2ccc(OC/C(=C\F)CNC(=O)OC(C)(C)C)cc2n1C.COc1ccc(N)c(C)c1.COc1ccc([N+](=O)[O-])c(C)c1.Cc1ccc(S(=O)(=O)O)cc1. The minimum atomic E-state index is -4.02. The number of nitrogens with one attached hydrogen (secondary N) is 1. The first-order valence-electron chi connectivity index (χ1n) is 37.6. The number of aromatic hydroxyl groups is 1. The van der Waals surface area contributed by atoms with E-state index in [4.69, 9.17) is 44.4 Å². The van der Waals surface area contributed by atoms with Crippen LogP contribution in [0, 0.1) is 30.9 Å². The average molecular weight is 1580 g/mol. The molecule has 11 aromatic rings. The van der Waals surface area contributed by atoms with Gasteiger partial charge in [-0.1, -0.05) is 71.1 Å². The van der Waals surface area contributed by atoms with Crippen LogP contribution in [0.4, 0.5) is 25.0 Å². The molecule has 113 heavy (non-hydrogen) atoms. The number of fused-ring (bicyclic) bond motifs is 4. The number of carbonyl (C=O) groups is 1. The summed E-state index contributed by atoms with van der Waals surface area (Å²) in [6.45, 7) is 19.8. The second-order valence-corrected chi connectivity index (χ2v) is 29.1. The number of halogens is 2. The Morgan fingerprint density at radius 3 is 1.27 bits per heavy atom. The molecule has 0 unspecified atom stereocenters. The van der Waals surface area contributed by atoms with Gasteiger partial charge in [-0.05, 0) is 164 Å². The van der Waals surface area contributed by atoms with Crippen molar-refractivity contribution in [1.82, 2.24) is 43.5 Å². The fraction of sp³-hybridized carbons (Fsp3) is 0.400. The molecule has 612 valence electrons. The summed E-state index contributed by atoms with van der Waals surface area (Å²) < 4.78 is 95.1. The van der Waals surface area contributed by atoms with Crippen LogP contribution in [0.5, 0.6) is 34.5 Å². The number of aromatic nitrogens is 8. The molecule has 0 atom stereocenters. The Hall–Kier alpha value is -11.1. The number of nitro groups is 1. The maximum Gasteiger partial charge on any atom is 0.407 e. The van der Waals surface area contributed by atoms with Gasteiger partial charge in [0.2, 0.25) is 0 Å². The zero-order valence-corrected chi connectivity index (χ0v) is 69.2. The number of carbonyl (C=O) groups excluding carboxylic acids is 1. The fourth-order valence-corrected chi connectivity index (χ4v) is 11.5. The van der Waals surface area contributed by atoms with Gasteiger partial charge in [-0.15, -0.1) is 0 Å². The Kier molecular flexibility index (Phi) is 37.7. The molecule has 0 aliphatic heterocycles. The predicted molar refractivity (Wildman–Crippen MR) is 446 cm³/mol. The maximum absolute atomic E-state index is 13.1. The molecule has 25 nitrogen and oxygen atoms in total. The highest BCUT2D eigenvalue weighted by molar-refractivity contribution is 7.85. The molecule has 7 aromatic carbocycles. The number of hydrogen-bond donors (Lipinski definition) is 5. The molecule has 0 aliphatic carbocycles. The molecule has 0 bridgehead atoms. The Morgan fingerprint density at radius 1 is 0.549 bits per heavy atom. The topological polar surface area (TPSA) is 326 Å². The highest BCUT2D eigenvalue weighted by Gasteiger charge is 2.18. The number of phenolic OH excluding ortho intramolecular Hbond substituents is 1. The Labute approximate surface area is 662 Å². The van der Waals surface area contributed by atoms with Crippen LogP contribution in [-0.4, -0.2) is 121 Å². The van der Waals surface area contributed by atoms with Gasteiger partial charge in [-0.3, -0.25) is 14.7 Å². The molecule has 0 spiro atoms. The number of hydrogen-bond acceptors (Lipinski definition) is 18. The number of imidazole rings is 4. The summed E-state index contributed by atoms with van der Waals surface area (Å²) in [6, 6.07) is 38.9. The number of unbranched alkanes of at least 4 members (excludes halogenated alkanes) is 4. The summed E-state index contributed by atoms with van der Waals surface area (Å²) in [5.74, 6) is 8.36. The number of nitrogen functional groups attached to an aromatic ring is 1. The van der Waals surface area contributed by atoms with Crippen LogP contribution >= 0.6 is 0 Å². The zero-order valence-electron chi connectivity index (χ0n) is 68.4. The van der Waals surface area contributed by atoms with E-state index in [1.807, 2.05) is 114 Å². The standard InChI is InChI=1S/C21H30FN3O3.C16H22FN3O.C13H18N2O.C12H16N2O.C8H9NO3.C8H11NO.C7H8O3S/c1-6-7-8-19-24-17-10-9-16(11-18(17)25(19)5)27-14-15(12-22)13-23-20(26)28-21(2,3)4;1-3-4-5-16-19-14-7-6-13(8-15(14)20(16)2)21-11-12(9-17)10-18;1-4-5-6-13-14-11-8-7-10(16-3)9-12(11)15(13)2;1-3-4-5-12-13-10-7-6-9(15)8-11(10)14(12)2;1-6-5-7(12-2)3-4-8(6)9(10)11;1-6-5-7(10-2)3-4-8(6)9;1-6-2-4-7(5-3-6)11(8,9)10/h9-12H,6-8,13-14H2,1-5H3,(H,23,26);6-9H,3-5,10-11,18H2,1-2H3;7-9H,4-6H2,1-3H3;6-8,15H,3-5H2,1-2H3;3-5H,1-2H3;3-5H,9H2,1-2H3;2-5H,1H3,(H,8,9,10)/b15-12-;12-9-;;;;;. The van der Waals surface area contributed by atoms with Crippen LogP contribution in [-0.2, 0) is 68.7 Å². The summed E-state index contributed by atoms with van der Waals surface area (Å²) in [5.41, 5.74) is 22.7. The molecule has 1 amide bonds. The van der Waals surface area contributed by atoms with Crippen LogP contribution in [0.3, 0.4) is 0 Å². The van der Waals surface area contributed by atoms with Crippen molar-refractivity contribution in [2.75, 3.05) is 53.4 Å². The van der Waals surface area contributed by atoms with Gasteiger partial charge in [-0.2, -0.15) is 8.42 Å². The van der Waals surface area contributed by atoms with Crippen molar-refractivity contribution >= 4 is 71.7 Å². The van der Waals surface area contributed by atoms with Crippen LogP contribution < -0.4 is 40.5 Å². The minimum Gasteiger partial charge on any atom is -0.508 e. The van der Waals surface area contributed by atoms with E-state index in [1.165, 1.54) is 44.6 Å². The number of anilines is 1. The Balaban J connectivity index is 0.000000242. The van der Waals surface area contributed by atoms with E-state index in [2.05, 4.69) is 78.3 Å². The van der Waals surface area contributed by atoms with Gasteiger partial charge in [0.25, 0.3) is 15.8 Å². The summed E-state index contributed by atoms with van der Waals surface area (Å²) >= 11 is 0. The van der Waals surface area contributed by atoms with Crippen LogP contribution in [0.25, 0.3) is 44.1 Å². The second kappa shape index (κ2) is 46.0. The van der Waals surface area contributed by atoms with E-state index < -0.39 is 26.7 Å². The first-order valence-corrected chi connectivity index (χ1v) is 39.0. The van der Waals surface area contributed by atoms with Crippen LogP contribution in [0.1, 0.15) is 140 Å². The average Bonchev–Trinajstić information content (AvgIpc) is 1.67. The van der Waals surface area contributed by atoms with Gasteiger partial charge in [0.15, 0.2) is 0 Å². The van der Waals surface area contributed by atoms with E-state index in [1.54, 1.807) is 78.3 Å². The second-order valence-electron chi connectivity index (χ2n) is 27.7. The molecule has 7 N–H and O–H groups in total. The molecule has 28 heteroatoms. The summed E-state index contributed by atoms with van der Waals surface area (Å²) in [7, 11) is 8.91. The van der Waals surface area contributed by atoms with Crippen molar-refractivity contribution in [3.63, 3.8) is 0 Å². The van der Waals surface area contributed by atoms with Crippen molar-refractivity contribution in [3.05, 3.63) is 207 Å². The summed E-state index contributed by atoms with van der Waals surface area (Å²) in [5, 5.41) is 22.3. The molecule has 0 fully saturated rings. The lowest BCUT2D eigenvalue weighted by Gasteiger charge is -2.20. The van der Waals surface area contributed by atoms with Crippen molar-refractivity contribution < 1.29 is 65.0 Å². The van der Waals surface area contributed by atoms with Gasteiger partial charge in [0, 0.05) is 120 Å².